The third kappa shape index (κ3) is 4.09. The predicted molar refractivity (Wildman–Crippen MR) is 74.1 cm³/mol. The van der Waals surface area contributed by atoms with Crippen molar-refractivity contribution in [1.82, 2.24) is 5.32 Å². The molecule has 94 valence electrons. The van der Waals surface area contributed by atoms with Crippen LogP contribution in [-0.4, -0.2) is 19.8 Å². The summed E-state index contributed by atoms with van der Waals surface area (Å²) in [7, 11) is 0. The molecule has 2 nitrogen and oxygen atoms in total. The fourth-order valence-electron chi connectivity index (χ4n) is 2.16. The Labute approximate surface area is 112 Å². The van der Waals surface area contributed by atoms with Crippen LogP contribution < -0.4 is 5.32 Å². The SMILES string of the molecule is Cc1ccc(CNCC2CCOCC2)c(Br)c1. The van der Waals surface area contributed by atoms with Crippen molar-refractivity contribution in [3.05, 3.63) is 33.8 Å². The molecule has 0 radical (unpaired) electrons. The molecule has 1 aliphatic rings. The van der Waals surface area contributed by atoms with Gasteiger partial charge in [0.25, 0.3) is 0 Å². The summed E-state index contributed by atoms with van der Waals surface area (Å²) < 4.78 is 6.57. The van der Waals surface area contributed by atoms with Crippen LogP contribution in [0.15, 0.2) is 22.7 Å². The Kier molecular flexibility index (Phi) is 5.01. The minimum Gasteiger partial charge on any atom is -0.381 e. The fraction of sp³-hybridized carbons (Fsp3) is 0.571. The van der Waals surface area contributed by atoms with Crippen LogP contribution in [0, 0.1) is 12.8 Å². The molecule has 0 saturated carbocycles. The lowest BCUT2D eigenvalue weighted by atomic mass is 10.0. The Balaban J connectivity index is 1.77. The van der Waals surface area contributed by atoms with Crippen molar-refractivity contribution >= 4 is 15.9 Å². The smallest absolute Gasteiger partial charge is 0.0469 e. The van der Waals surface area contributed by atoms with Gasteiger partial charge in [0.15, 0.2) is 0 Å². The molecular weight excluding hydrogens is 278 g/mol. The third-order valence-corrected chi connectivity index (χ3v) is 4.04. The Hall–Kier alpha value is -0.380. The van der Waals surface area contributed by atoms with Crippen LogP contribution in [0.5, 0.6) is 0 Å². The van der Waals surface area contributed by atoms with Crippen molar-refractivity contribution in [3.63, 3.8) is 0 Å². The molecule has 1 heterocycles. The molecule has 1 aliphatic heterocycles. The lowest BCUT2D eigenvalue weighted by molar-refractivity contribution is 0.0662. The number of halogens is 1. The molecule has 0 aliphatic carbocycles. The van der Waals surface area contributed by atoms with Crippen LogP contribution in [0.1, 0.15) is 24.0 Å². The lowest BCUT2D eigenvalue weighted by Crippen LogP contribution is -2.27. The molecule has 17 heavy (non-hydrogen) atoms. The van der Waals surface area contributed by atoms with Gasteiger partial charge in [-0.3, -0.25) is 0 Å². The summed E-state index contributed by atoms with van der Waals surface area (Å²) in [4.78, 5) is 0. The first-order valence-electron chi connectivity index (χ1n) is 6.29. The van der Waals surface area contributed by atoms with Gasteiger partial charge in [-0.15, -0.1) is 0 Å². The van der Waals surface area contributed by atoms with Gasteiger partial charge in [-0.2, -0.15) is 0 Å². The standard InChI is InChI=1S/C14H20BrNO/c1-11-2-3-13(14(15)8-11)10-16-9-12-4-6-17-7-5-12/h2-3,8,12,16H,4-7,9-10H2,1H3. The van der Waals surface area contributed by atoms with Crippen molar-refractivity contribution in [1.29, 1.82) is 0 Å². The number of rotatable bonds is 4. The van der Waals surface area contributed by atoms with Crippen LogP contribution in [0.3, 0.4) is 0 Å². The molecule has 0 atom stereocenters. The zero-order valence-corrected chi connectivity index (χ0v) is 11.9. The van der Waals surface area contributed by atoms with Gasteiger partial charge in [0, 0.05) is 24.2 Å². The normalized spacial score (nSPS) is 17.3. The summed E-state index contributed by atoms with van der Waals surface area (Å²) in [5, 5.41) is 3.55. The Morgan fingerprint density at radius 2 is 2.12 bits per heavy atom. The van der Waals surface area contributed by atoms with Crippen LogP contribution in [-0.2, 0) is 11.3 Å². The quantitative estimate of drug-likeness (QED) is 0.921. The number of ether oxygens (including phenoxy) is 1. The average molecular weight is 298 g/mol. The maximum Gasteiger partial charge on any atom is 0.0469 e. The molecule has 0 amide bonds. The summed E-state index contributed by atoms with van der Waals surface area (Å²) in [6.45, 7) is 6.02. The summed E-state index contributed by atoms with van der Waals surface area (Å²) >= 11 is 3.61. The first-order valence-corrected chi connectivity index (χ1v) is 7.08. The minimum absolute atomic E-state index is 0.785. The van der Waals surface area contributed by atoms with Gasteiger partial charge < -0.3 is 10.1 Å². The van der Waals surface area contributed by atoms with Crippen molar-refractivity contribution in [3.8, 4) is 0 Å². The van der Waals surface area contributed by atoms with Crippen molar-refractivity contribution in [2.75, 3.05) is 19.8 Å². The second-order valence-electron chi connectivity index (χ2n) is 4.78. The van der Waals surface area contributed by atoms with Gasteiger partial charge >= 0.3 is 0 Å². The maximum atomic E-state index is 5.36. The summed E-state index contributed by atoms with van der Waals surface area (Å²) in [5.41, 5.74) is 2.63. The molecule has 0 spiro atoms. The monoisotopic (exact) mass is 297 g/mol. The number of aryl methyl sites for hydroxylation is 1. The lowest BCUT2D eigenvalue weighted by Gasteiger charge is -2.22. The Morgan fingerprint density at radius 1 is 1.35 bits per heavy atom. The first kappa shape index (κ1) is 13.1. The zero-order chi connectivity index (χ0) is 12.1. The molecule has 3 heteroatoms. The number of benzene rings is 1. The molecule has 1 fully saturated rings. The number of nitrogens with one attached hydrogen (secondary N) is 1. The first-order chi connectivity index (χ1) is 8.25. The highest BCUT2D eigenvalue weighted by atomic mass is 79.9. The van der Waals surface area contributed by atoms with E-state index in [9.17, 15) is 0 Å². The van der Waals surface area contributed by atoms with E-state index < -0.39 is 0 Å². The van der Waals surface area contributed by atoms with E-state index >= 15 is 0 Å². The van der Waals surface area contributed by atoms with E-state index in [0.29, 0.717) is 0 Å². The van der Waals surface area contributed by atoms with Gasteiger partial charge in [-0.25, -0.2) is 0 Å². The minimum atomic E-state index is 0.785. The van der Waals surface area contributed by atoms with Crippen LogP contribution in [0.25, 0.3) is 0 Å². The molecule has 1 aromatic rings. The van der Waals surface area contributed by atoms with E-state index in [4.69, 9.17) is 4.74 Å². The Bertz CT molecular complexity index is 361. The van der Waals surface area contributed by atoms with E-state index in [0.717, 1.165) is 32.2 Å². The molecule has 0 bridgehead atoms. The molecule has 1 aromatic carbocycles. The van der Waals surface area contributed by atoms with E-state index in [1.807, 2.05) is 0 Å². The average Bonchev–Trinajstić information content (AvgIpc) is 2.33. The summed E-state index contributed by atoms with van der Waals surface area (Å²) in [5.74, 6) is 0.785. The second-order valence-corrected chi connectivity index (χ2v) is 5.64. The van der Waals surface area contributed by atoms with Gasteiger partial charge in [0.2, 0.25) is 0 Å². The van der Waals surface area contributed by atoms with Crippen molar-refractivity contribution in [2.24, 2.45) is 5.92 Å². The van der Waals surface area contributed by atoms with Gasteiger partial charge in [-0.1, -0.05) is 28.1 Å². The van der Waals surface area contributed by atoms with Crippen LogP contribution in [0.2, 0.25) is 0 Å². The highest BCUT2D eigenvalue weighted by Crippen LogP contribution is 2.18. The molecule has 0 unspecified atom stereocenters. The van der Waals surface area contributed by atoms with Gasteiger partial charge in [-0.05, 0) is 49.4 Å². The zero-order valence-electron chi connectivity index (χ0n) is 10.3. The fourth-order valence-corrected chi connectivity index (χ4v) is 2.79. The summed E-state index contributed by atoms with van der Waals surface area (Å²) in [6, 6.07) is 6.53. The van der Waals surface area contributed by atoms with Crippen LogP contribution >= 0.6 is 15.9 Å². The van der Waals surface area contributed by atoms with E-state index in [1.165, 1.54) is 28.4 Å². The van der Waals surface area contributed by atoms with Crippen molar-refractivity contribution < 1.29 is 4.74 Å². The largest absolute Gasteiger partial charge is 0.381 e. The van der Waals surface area contributed by atoms with E-state index in [1.54, 1.807) is 0 Å². The molecule has 1 N–H and O–H groups in total. The summed E-state index contributed by atoms with van der Waals surface area (Å²) in [6.07, 6.45) is 2.39. The molecule has 1 saturated heterocycles. The number of hydrogen-bond donors (Lipinski definition) is 1. The van der Waals surface area contributed by atoms with Crippen LogP contribution in [0.4, 0.5) is 0 Å². The van der Waals surface area contributed by atoms with Gasteiger partial charge in [0.05, 0.1) is 0 Å². The van der Waals surface area contributed by atoms with Gasteiger partial charge in [0.1, 0.15) is 0 Å². The molecule has 0 aromatic heterocycles. The maximum absolute atomic E-state index is 5.36. The van der Waals surface area contributed by atoms with E-state index in [2.05, 4.69) is 46.4 Å². The molecule has 2 rings (SSSR count). The third-order valence-electron chi connectivity index (χ3n) is 3.30. The number of hydrogen-bond acceptors (Lipinski definition) is 2. The highest BCUT2D eigenvalue weighted by Gasteiger charge is 2.13. The second kappa shape index (κ2) is 6.53. The highest BCUT2D eigenvalue weighted by molar-refractivity contribution is 9.10. The van der Waals surface area contributed by atoms with E-state index in [-0.39, 0.29) is 0 Å². The van der Waals surface area contributed by atoms with Crippen molar-refractivity contribution in [2.45, 2.75) is 26.3 Å². The Morgan fingerprint density at radius 3 is 2.82 bits per heavy atom. The topological polar surface area (TPSA) is 21.3 Å². The predicted octanol–water partition coefficient (Wildman–Crippen LogP) is 3.27. The molecular formula is C14H20BrNO.